The monoisotopic (exact) mass is 636 g/mol. The highest BCUT2D eigenvalue weighted by atomic mass is 16.5. The summed E-state index contributed by atoms with van der Waals surface area (Å²) in [6, 6.07) is 33.8. The fourth-order valence-electron chi connectivity index (χ4n) is 6.52. The van der Waals surface area contributed by atoms with Crippen LogP contribution in [0.2, 0.25) is 0 Å². The lowest BCUT2D eigenvalue weighted by molar-refractivity contribution is -0.0752. The lowest BCUT2D eigenvalue weighted by Gasteiger charge is -2.41. The van der Waals surface area contributed by atoms with E-state index in [9.17, 15) is 15.3 Å². The normalized spacial score (nSPS) is 13.8. The molecule has 0 radical (unpaired) electrons. The van der Waals surface area contributed by atoms with Crippen molar-refractivity contribution >= 4 is 0 Å². The van der Waals surface area contributed by atoms with Gasteiger partial charge in [0.1, 0.15) is 11.9 Å². The maximum Gasteiger partial charge on any atom is 0.136 e. The van der Waals surface area contributed by atoms with Gasteiger partial charge in [-0.1, -0.05) is 160 Å². The molecule has 1 unspecified atom stereocenters. The lowest BCUT2D eigenvalue weighted by Crippen LogP contribution is -2.44. The predicted molar refractivity (Wildman–Crippen MR) is 194 cm³/mol. The van der Waals surface area contributed by atoms with Crippen LogP contribution in [0.3, 0.4) is 0 Å². The summed E-state index contributed by atoms with van der Waals surface area (Å²) in [7, 11) is 0. The molecule has 252 valence electrons. The molecule has 0 aliphatic carbocycles. The summed E-state index contributed by atoms with van der Waals surface area (Å²) >= 11 is 0. The fraction of sp³-hybridized carbons (Fsp3) is 0.442. The Morgan fingerprint density at radius 1 is 0.489 bits per heavy atom. The molecule has 0 aliphatic rings. The molecule has 4 heteroatoms. The quantitative estimate of drug-likeness (QED) is 0.154. The third kappa shape index (κ3) is 7.36. The zero-order chi connectivity index (χ0) is 34.8. The molecule has 0 fully saturated rings. The minimum atomic E-state index is -1.34. The number of aliphatic hydroxyl groups excluding tert-OH is 3. The van der Waals surface area contributed by atoms with Crippen LogP contribution in [0.15, 0.2) is 97.1 Å². The summed E-state index contributed by atoms with van der Waals surface area (Å²) in [6.07, 6.45) is -0.834. The number of benzene rings is 4. The number of hydrogen-bond acceptors (Lipinski definition) is 4. The number of ether oxygens (including phenoxy) is 1. The van der Waals surface area contributed by atoms with Crippen LogP contribution in [0, 0.1) is 5.41 Å². The van der Waals surface area contributed by atoms with Gasteiger partial charge in [0.15, 0.2) is 0 Å². The second-order valence-electron chi connectivity index (χ2n) is 16.3. The molecule has 0 bridgehead atoms. The van der Waals surface area contributed by atoms with Gasteiger partial charge < -0.3 is 20.1 Å². The fourth-order valence-corrected chi connectivity index (χ4v) is 6.52. The van der Waals surface area contributed by atoms with Crippen molar-refractivity contribution in [1.82, 2.24) is 0 Å². The summed E-state index contributed by atoms with van der Waals surface area (Å²) in [5.74, 6) is 0.670. The van der Waals surface area contributed by atoms with Crippen LogP contribution < -0.4 is 4.74 Å². The first-order valence-electron chi connectivity index (χ1n) is 16.8. The molecule has 0 spiro atoms. The molecule has 0 aliphatic heterocycles. The van der Waals surface area contributed by atoms with Crippen LogP contribution >= 0.6 is 0 Å². The van der Waals surface area contributed by atoms with E-state index >= 15 is 0 Å². The van der Waals surface area contributed by atoms with E-state index in [2.05, 4.69) is 148 Å². The summed E-state index contributed by atoms with van der Waals surface area (Å²) in [4.78, 5) is 0. The number of rotatable bonds is 11. The summed E-state index contributed by atoms with van der Waals surface area (Å²) in [6.45, 7) is 20.6. The van der Waals surface area contributed by atoms with Crippen molar-refractivity contribution in [2.24, 2.45) is 5.41 Å². The van der Waals surface area contributed by atoms with E-state index in [0.717, 1.165) is 27.8 Å². The Bertz CT molecular complexity index is 1610. The molecule has 4 rings (SSSR count). The highest BCUT2D eigenvalue weighted by molar-refractivity contribution is 5.49. The molecule has 0 heterocycles. The molecule has 0 saturated carbocycles. The first-order valence-corrected chi connectivity index (χ1v) is 16.8. The van der Waals surface area contributed by atoms with Gasteiger partial charge in [-0.15, -0.1) is 0 Å². The summed E-state index contributed by atoms with van der Waals surface area (Å²) in [5.41, 5.74) is 5.23. The van der Waals surface area contributed by atoms with E-state index in [0.29, 0.717) is 5.75 Å². The Kier molecular flexibility index (Phi) is 10.5. The van der Waals surface area contributed by atoms with Gasteiger partial charge in [0.05, 0.1) is 25.2 Å². The van der Waals surface area contributed by atoms with Crippen LogP contribution in [0.4, 0.5) is 0 Å². The van der Waals surface area contributed by atoms with Gasteiger partial charge in [0, 0.05) is 10.8 Å². The maximum atomic E-state index is 10.8. The molecule has 47 heavy (non-hydrogen) atoms. The SMILES string of the molecule is CC(C)(C)c1cc(C(C)(C)c2ccccc2)ccc1OC(c1ccc(C(C)(C)c2ccccc2)cc1C(C)(C)C)C(CO)(CO)CO. The van der Waals surface area contributed by atoms with Crippen molar-refractivity contribution in [1.29, 1.82) is 0 Å². The van der Waals surface area contributed by atoms with E-state index in [4.69, 9.17) is 4.74 Å². The van der Waals surface area contributed by atoms with Crippen LogP contribution in [-0.2, 0) is 21.7 Å². The van der Waals surface area contributed by atoms with Gasteiger partial charge in [-0.2, -0.15) is 0 Å². The molecule has 1 atom stereocenters. The Labute approximate surface area is 283 Å². The van der Waals surface area contributed by atoms with Crippen molar-refractivity contribution in [3.05, 3.63) is 136 Å². The Morgan fingerprint density at radius 2 is 0.894 bits per heavy atom. The van der Waals surface area contributed by atoms with Gasteiger partial charge in [-0.25, -0.2) is 0 Å². The zero-order valence-corrected chi connectivity index (χ0v) is 30.2. The van der Waals surface area contributed by atoms with Crippen LogP contribution in [0.1, 0.15) is 114 Å². The standard InChI is InChI=1S/C43H56O4/c1-39(2,3)35-25-32(41(7,8)30-17-13-11-14-18-30)21-23-34(35)38(43(27-44,28-45)29-46)47-37-24-22-33(26-36(37)40(4,5)6)42(9,10)31-19-15-12-16-20-31/h11-26,38,44-46H,27-29H2,1-10H3. The van der Waals surface area contributed by atoms with Crippen LogP contribution in [0.5, 0.6) is 5.75 Å². The molecule has 4 aromatic rings. The van der Waals surface area contributed by atoms with Crippen molar-refractivity contribution in [3.63, 3.8) is 0 Å². The highest BCUT2D eigenvalue weighted by Gasteiger charge is 2.44. The molecule has 3 N–H and O–H groups in total. The minimum Gasteiger partial charge on any atom is -0.485 e. The van der Waals surface area contributed by atoms with E-state index in [1.807, 2.05) is 18.2 Å². The van der Waals surface area contributed by atoms with E-state index in [1.54, 1.807) is 0 Å². The van der Waals surface area contributed by atoms with Crippen LogP contribution in [0.25, 0.3) is 0 Å². The second kappa shape index (κ2) is 13.6. The van der Waals surface area contributed by atoms with Crippen molar-refractivity contribution in [2.45, 2.75) is 97.0 Å². The van der Waals surface area contributed by atoms with E-state index < -0.39 is 31.3 Å². The average Bonchev–Trinajstić information content (AvgIpc) is 3.05. The lowest BCUT2D eigenvalue weighted by atomic mass is 9.71. The van der Waals surface area contributed by atoms with Gasteiger partial charge in [0.25, 0.3) is 0 Å². The Hall–Kier alpha value is -3.44. The first-order chi connectivity index (χ1) is 21.9. The van der Waals surface area contributed by atoms with Gasteiger partial charge in [-0.05, 0) is 55.8 Å². The second-order valence-corrected chi connectivity index (χ2v) is 16.3. The first kappa shape index (κ1) is 36.4. The van der Waals surface area contributed by atoms with Gasteiger partial charge in [-0.3, -0.25) is 0 Å². The third-order valence-electron chi connectivity index (χ3n) is 10.1. The largest absolute Gasteiger partial charge is 0.485 e. The average molecular weight is 637 g/mol. The highest BCUT2D eigenvalue weighted by Crippen LogP contribution is 2.46. The summed E-state index contributed by atoms with van der Waals surface area (Å²) < 4.78 is 7.04. The number of hydrogen-bond donors (Lipinski definition) is 3. The number of aliphatic hydroxyl groups is 3. The van der Waals surface area contributed by atoms with E-state index in [1.165, 1.54) is 11.1 Å². The minimum absolute atomic E-state index is 0.245. The predicted octanol–water partition coefficient (Wildman–Crippen LogP) is 9.02. The van der Waals surface area contributed by atoms with Crippen molar-refractivity contribution in [3.8, 4) is 5.75 Å². The molecular weight excluding hydrogens is 580 g/mol. The van der Waals surface area contributed by atoms with Crippen LogP contribution in [-0.4, -0.2) is 35.1 Å². The molecule has 4 aromatic carbocycles. The molecule has 0 amide bonds. The molecule has 4 nitrogen and oxygen atoms in total. The van der Waals surface area contributed by atoms with Gasteiger partial charge in [0.2, 0.25) is 0 Å². The molecular formula is C43H56O4. The Morgan fingerprint density at radius 3 is 1.30 bits per heavy atom. The van der Waals surface area contributed by atoms with Crippen molar-refractivity contribution in [2.75, 3.05) is 19.8 Å². The Balaban J connectivity index is 1.93. The third-order valence-corrected chi connectivity index (χ3v) is 10.1. The molecule has 0 saturated heterocycles. The van der Waals surface area contributed by atoms with Gasteiger partial charge >= 0.3 is 0 Å². The molecule has 0 aromatic heterocycles. The van der Waals surface area contributed by atoms with Crippen molar-refractivity contribution < 1.29 is 20.1 Å². The van der Waals surface area contributed by atoms with E-state index in [-0.39, 0.29) is 21.7 Å². The summed E-state index contributed by atoms with van der Waals surface area (Å²) in [5, 5.41) is 32.5. The zero-order valence-electron chi connectivity index (χ0n) is 30.2. The maximum absolute atomic E-state index is 10.8. The topological polar surface area (TPSA) is 69.9 Å². The smallest absolute Gasteiger partial charge is 0.136 e.